The minimum absolute atomic E-state index is 0.122. The van der Waals surface area contributed by atoms with E-state index in [2.05, 4.69) is 0 Å². The molecule has 2 aromatic rings. The van der Waals surface area contributed by atoms with Crippen molar-refractivity contribution in [2.24, 2.45) is 0 Å². The maximum Gasteiger partial charge on any atom is 0.158 e. The van der Waals surface area contributed by atoms with Gasteiger partial charge in [0.1, 0.15) is 0 Å². The van der Waals surface area contributed by atoms with Crippen LogP contribution in [0, 0.1) is 0 Å². The van der Waals surface area contributed by atoms with Crippen molar-refractivity contribution in [3.8, 4) is 0 Å². The molecule has 2 rings (SSSR count). The molecular weight excluding hydrogens is 288 g/mol. The highest BCUT2D eigenvalue weighted by Crippen LogP contribution is 2.18. The summed E-state index contributed by atoms with van der Waals surface area (Å²) in [5.74, 6) is -0.243. The Hall–Kier alpha value is -1.69. The summed E-state index contributed by atoms with van der Waals surface area (Å²) in [4.78, 5) is 0. The highest BCUT2D eigenvalue weighted by molar-refractivity contribution is 7.89. The first-order valence-corrected chi connectivity index (χ1v) is 8.43. The Balaban J connectivity index is 2.23. The van der Waals surface area contributed by atoms with E-state index in [0.29, 0.717) is 22.3 Å². The molecule has 21 heavy (non-hydrogen) atoms. The fraction of sp³-hybridized carbons (Fsp3) is 0.250. The van der Waals surface area contributed by atoms with Crippen molar-refractivity contribution in [3.63, 3.8) is 0 Å². The zero-order chi connectivity index (χ0) is 15.3. The fourth-order valence-electron chi connectivity index (χ4n) is 2.23. The lowest BCUT2D eigenvalue weighted by Gasteiger charge is -2.10. The summed E-state index contributed by atoms with van der Waals surface area (Å²) in [7, 11) is -3.38. The standard InChI is InChI=1S/C16H18O4S/c17-9-13-5-1-3-7-15(13)11-21(19,20)12-16-8-4-2-6-14(16)10-18/h1-8,17-18H,9-12H2. The lowest BCUT2D eigenvalue weighted by molar-refractivity contribution is 0.281. The highest BCUT2D eigenvalue weighted by Gasteiger charge is 2.16. The molecule has 0 saturated carbocycles. The summed E-state index contributed by atoms with van der Waals surface area (Å²) in [6, 6.07) is 13.9. The van der Waals surface area contributed by atoms with Crippen molar-refractivity contribution in [2.45, 2.75) is 24.7 Å². The number of rotatable bonds is 6. The van der Waals surface area contributed by atoms with E-state index in [-0.39, 0.29) is 24.7 Å². The lowest BCUT2D eigenvalue weighted by Crippen LogP contribution is -2.10. The van der Waals surface area contributed by atoms with Gasteiger partial charge in [-0.05, 0) is 22.3 Å². The van der Waals surface area contributed by atoms with E-state index < -0.39 is 9.84 Å². The monoisotopic (exact) mass is 306 g/mol. The van der Waals surface area contributed by atoms with Gasteiger partial charge in [-0.1, -0.05) is 48.5 Å². The quantitative estimate of drug-likeness (QED) is 0.853. The zero-order valence-corrected chi connectivity index (χ0v) is 12.4. The predicted molar refractivity (Wildman–Crippen MR) is 81.1 cm³/mol. The molecule has 5 heteroatoms. The van der Waals surface area contributed by atoms with Crippen molar-refractivity contribution in [2.75, 3.05) is 0 Å². The molecule has 112 valence electrons. The molecule has 0 fully saturated rings. The molecule has 2 aromatic carbocycles. The topological polar surface area (TPSA) is 74.6 Å². The molecule has 0 atom stereocenters. The smallest absolute Gasteiger partial charge is 0.158 e. The summed E-state index contributed by atoms with van der Waals surface area (Å²) < 4.78 is 24.7. The molecule has 0 spiro atoms. The molecule has 0 saturated heterocycles. The average molecular weight is 306 g/mol. The second kappa shape index (κ2) is 6.85. The third-order valence-electron chi connectivity index (χ3n) is 3.33. The number of sulfone groups is 1. The van der Waals surface area contributed by atoms with Crippen molar-refractivity contribution >= 4 is 9.84 Å². The minimum atomic E-state index is -3.38. The van der Waals surface area contributed by atoms with Crippen LogP contribution in [0.1, 0.15) is 22.3 Å². The van der Waals surface area contributed by atoms with Gasteiger partial charge in [0.25, 0.3) is 0 Å². The summed E-state index contributed by atoms with van der Waals surface area (Å²) in [5, 5.41) is 18.5. The molecule has 0 aromatic heterocycles. The number of benzene rings is 2. The predicted octanol–water partition coefficient (Wildman–Crippen LogP) is 1.79. The van der Waals surface area contributed by atoms with E-state index in [1.165, 1.54) is 0 Å². The number of aliphatic hydroxyl groups is 2. The van der Waals surface area contributed by atoms with Crippen LogP contribution in [-0.2, 0) is 34.6 Å². The van der Waals surface area contributed by atoms with Crippen LogP contribution in [0.5, 0.6) is 0 Å². The molecule has 2 N–H and O–H groups in total. The summed E-state index contributed by atoms with van der Waals surface area (Å²) in [6.45, 7) is -0.363. The highest BCUT2D eigenvalue weighted by atomic mass is 32.2. The fourth-order valence-corrected chi connectivity index (χ4v) is 3.84. The SMILES string of the molecule is O=S(=O)(Cc1ccccc1CO)Cc1ccccc1CO. The Bertz CT molecular complexity index is 652. The molecule has 0 heterocycles. The van der Waals surface area contributed by atoms with Crippen molar-refractivity contribution in [1.29, 1.82) is 0 Å². The van der Waals surface area contributed by atoms with E-state index in [4.69, 9.17) is 0 Å². The van der Waals surface area contributed by atoms with Crippen LogP contribution in [0.4, 0.5) is 0 Å². The van der Waals surface area contributed by atoms with Crippen molar-refractivity contribution in [3.05, 3.63) is 70.8 Å². The molecule has 0 radical (unpaired) electrons. The third-order valence-corrected chi connectivity index (χ3v) is 4.83. The first-order valence-electron chi connectivity index (χ1n) is 6.61. The minimum Gasteiger partial charge on any atom is -0.392 e. The Morgan fingerprint density at radius 2 is 1.00 bits per heavy atom. The molecule has 0 bridgehead atoms. The van der Waals surface area contributed by atoms with Gasteiger partial charge in [0.05, 0.1) is 24.7 Å². The van der Waals surface area contributed by atoms with Crippen LogP contribution in [0.15, 0.2) is 48.5 Å². The Morgan fingerprint density at radius 3 is 1.33 bits per heavy atom. The van der Waals surface area contributed by atoms with Gasteiger partial charge < -0.3 is 10.2 Å². The number of hydrogen-bond donors (Lipinski definition) is 2. The van der Waals surface area contributed by atoms with Crippen LogP contribution in [0.3, 0.4) is 0 Å². The molecule has 0 amide bonds. The Kier molecular flexibility index (Phi) is 5.12. The Morgan fingerprint density at radius 1 is 0.667 bits per heavy atom. The van der Waals surface area contributed by atoms with Crippen LogP contribution in [-0.4, -0.2) is 18.6 Å². The largest absolute Gasteiger partial charge is 0.392 e. The summed E-state index contributed by atoms with van der Waals surface area (Å²) in [6.07, 6.45) is 0. The van der Waals surface area contributed by atoms with Gasteiger partial charge in [-0.3, -0.25) is 0 Å². The molecule has 0 aliphatic heterocycles. The maximum atomic E-state index is 12.3. The molecule has 0 aliphatic carbocycles. The number of hydrogen-bond acceptors (Lipinski definition) is 4. The molecule has 0 aliphatic rings. The number of aliphatic hydroxyl groups excluding tert-OH is 2. The van der Waals surface area contributed by atoms with Gasteiger partial charge >= 0.3 is 0 Å². The van der Waals surface area contributed by atoms with Gasteiger partial charge in [0.15, 0.2) is 9.84 Å². The molecular formula is C16H18O4S. The van der Waals surface area contributed by atoms with Crippen LogP contribution in [0.25, 0.3) is 0 Å². The molecule has 4 nitrogen and oxygen atoms in total. The van der Waals surface area contributed by atoms with E-state index in [1.54, 1.807) is 48.5 Å². The van der Waals surface area contributed by atoms with E-state index in [9.17, 15) is 18.6 Å². The lowest BCUT2D eigenvalue weighted by atomic mass is 10.1. The van der Waals surface area contributed by atoms with Crippen LogP contribution >= 0.6 is 0 Å². The summed E-state index contributed by atoms with van der Waals surface area (Å²) in [5.41, 5.74) is 2.47. The first-order chi connectivity index (χ1) is 10.1. The van der Waals surface area contributed by atoms with Gasteiger partial charge in [0.2, 0.25) is 0 Å². The third kappa shape index (κ3) is 4.14. The van der Waals surface area contributed by atoms with Crippen LogP contribution in [0.2, 0.25) is 0 Å². The van der Waals surface area contributed by atoms with E-state index in [0.717, 1.165) is 0 Å². The van der Waals surface area contributed by atoms with Gasteiger partial charge in [-0.15, -0.1) is 0 Å². The van der Waals surface area contributed by atoms with Crippen molar-refractivity contribution in [1.82, 2.24) is 0 Å². The van der Waals surface area contributed by atoms with Crippen molar-refractivity contribution < 1.29 is 18.6 Å². The normalized spacial score (nSPS) is 11.5. The van der Waals surface area contributed by atoms with Gasteiger partial charge in [-0.2, -0.15) is 0 Å². The first kappa shape index (κ1) is 15.7. The van der Waals surface area contributed by atoms with E-state index >= 15 is 0 Å². The van der Waals surface area contributed by atoms with E-state index in [1.807, 2.05) is 0 Å². The second-order valence-corrected chi connectivity index (χ2v) is 6.95. The average Bonchev–Trinajstić information content (AvgIpc) is 2.47. The summed E-state index contributed by atoms with van der Waals surface area (Å²) >= 11 is 0. The molecule has 0 unspecified atom stereocenters. The second-order valence-electron chi connectivity index (χ2n) is 4.89. The van der Waals surface area contributed by atoms with Gasteiger partial charge in [0, 0.05) is 0 Å². The maximum absolute atomic E-state index is 12.3. The van der Waals surface area contributed by atoms with Gasteiger partial charge in [-0.25, -0.2) is 8.42 Å². The van der Waals surface area contributed by atoms with Crippen LogP contribution < -0.4 is 0 Å². The zero-order valence-electron chi connectivity index (χ0n) is 11.6. The Labute approximate surface area is 124 Å².